The number of hydrogen-bond donors (Lipinski definition) is 1. The Bertz CT molecular complexity index is 1250. The summed E-state index contributed by atoms with van der Waals surface area (Å²) in [6, 6.07) is 13.5. The molecule has 182 valence electrons. The number of hydrogen-bond acceptors (Lipinski definition) is 6. The van der Waals surface area contributed by atoms with Crippen molar-refractivity contribution >= 4 is 29.4 Å². The highest BCUT2D eigenvalue weighted by Crippen LogP contribution is 2.38. The summed E-state index contributed by atoms with van der Waals surface area (Å²) in [7, 11) is 0. The van der Waals surface area contributed by atoms with Crippen molar-refractivity contribution in [1.29, 1.82) is 0 Å². The zero-order valence-electron chi connectivity index (χ0n) is 19.3. The van der Waals surface area contributed by atoms with Gasteiger partial charge in [0, 0.05) is 22.7 Å². The van der Waals surface area contributed by atoms with Crippen LogP contribution in [0.25, 0.3) is 11.3 Å². The average molecular weight is 496 g/mol. The maximum Gasteiger partial charge on any atom is 0.277 e. The lowest BCUT2D eigenvalue weighted by Gasteiger charge is -2.24. The van der Waals surface area contributed by atoms with E-state index in [0.717, 1.165) is 29.5 Å². The highest BCUT2D eigenvalue weighted by molar-refractivity contribution is 6.30. The van der Waals surface area contributed by atoms with Gasteiger partial charge in [0.1, 0.15) is 17.3 Å². The number of halogens is 1. The molecule has 1 aliphatic carbocycles. The van der Waals surface area contributed by atoms with Gasteiger partial charge < -0.3 is 9.15 Å². The van der Waals surface area contributed by atoms with Gasteiger partial charge in [-0.2, -0.15) is 5.10 Å². The van der Waals surface area contributed by atoms with Crippen LogP contribution in [-0.2, 0) is 4.79 Å². The molecule has 9 heteroatoms. The van der Waals surface area contributed by atoms with Crippen molar-refractivity contribution < 1.29 is 18.9 Å². The molecule has 4 rings (SSSR count). The minimum Gasteiger partial charge on any atom is -0.483 e. The Morgan fingerprint density at radius 2 is 2.00 bits per heavy atom. The molecule has 2 aromatic carbocycles. The monoisotopic (exact) mass is 495 g/mol. The number of nitro groups is 1. The summed E-state index contributed by atoms with van der Waals surface area (Å²) in [5, 5.41) is 15.5. The third kappa shape index (κ3) is 6.27. The number of ether oxygens (including phenoxy) is 1. The van der Waals surface area contributed by atoms with Crippen LogP contribution >= 0.6 is 11.6 Å². The number of rotatable bonds is 8. The molecule has 1 fully saturated rings. The summed E-state index contributed by atoms with van der Waals surface area (Å²) < 4.78 is 11.5. The van der Waals surface area contributed by atoms with Crippen LogP contribution in [0.4, 0.5) is 5.69 Å². The first-order chi connectivity index (χ1) is 16.9. The van der Waals surface area contributed by atoms with Gasteiger partial charge in [0.25, 0.3) is 11.6 Å². The Kier molecular flexibility index (Phi) is 7.82. The number of carbonyl (C=O) groups is 1. The molecule has 0 unspecified atom stereocenters. The van der Waals surface area contributed by atoms with Gasteiger partial charge in [-0.3, -0.25) is 14.9 Å². The van der Waals surface area contributed by atoms with Crippen molar-refractivity contribution in [3.8, 4) is 17.1 Å². The second-order valence-corrected chi connectivity index (χ2v) is 8.99. The Morgan fingerprint density at radius 3 is 2.74 bits per heavy atom. The molecule has 1 N–H and O–H groups in total. The van der Waals surface area contributed by atoms with Crippen LogP contribution in [0.5, 0.6) is 5.75 Å². The molecule has 1 heterocycles. The second kappa shape index (κ2) is 11.2. The molecule has 1 aliphatic rings. The smallest absolute Gasteiger partial charge is 0.277 e. The molecule has 8 nitrogen and oxygen atoms in total. The number of aryl methyl sites for hydroxylation is 1. The summed E-state index contributed by atoms with van der Waals surface area (Å²) in [6.45, 7) is 1.60. The first-order valence-corrected chi connectivity index (χ1v) is 11.9. The van der Waals surface area contributed by atoms with Crippen molar-refractivity contribution in [2.75, 3.05) is 6.61 Å². The summed E-state index contributed by atoms with van der Waals surface area (Å²) in [4.78, 5) is 22.7. The van der Waals surface area contributed by atoms with Crippen LogP contribution in [0.15, 0.2) is 58.0 Å². The molecule has 0 aliphatic heterocycles. The first-order valence-electron chi connectivity index (χ1n) is 11.5. The fraction of sp³-hybridized carbons (Fsp3) is 0.308. The fourth-order valence-corrected chi connectivity index (χ4v) is 4.51. The minimum absolute atomic E-state index is 0.0222. The Hall–Kier alpha value is -3.65. The zero-order valence-corrected chi connectivity index (χ0v) is 20.1. The van der Waals surface area contributed by atoms with E-state index in [1.54, 1.807) is 31.2 Å². The number of nitro benzene ring substituents is 1. The maximum absolute atomic E-state index is 12.3. The third-order valence-corrected chi connectivity index (χ3v) is 6.30. The van der Waals surface area contributed by atoms with Crippen molar-refractivity contribution in [3.05, 3.63) is 80.6 Å². The normalized spacial score (nSPS) is 14.2. The zero-order chi connectivity index (χ0) is 24.8. The molecule has 0 spiro atoms. The van der Waals surface area contributed by atoms with Crippen molar-refractivity contribution in [2.24, 2.45) is 5.10 Å². The quantitative estimate of drug-likeness (QED) is 0.221. The van der Waals surface area contributed by atoms with E-state index in [4.69, 9.17) is 20.8 Å². The molecule has 1 saturated carbocycles. The molecule has 0 bridgehead atoms. The van der Waals surface area contributed by atoms with Crippen molar-refractivity contribution in [1.82, 2.24) is 5.43 Å². The lowest BCUT2D eigenvalue weighted by atomic mass is 9.84. The SMILES string of the molecule is Cc1cc([N+](=O)[O-])ccc1-c1ccc(/C=N\NC(=O)COc2ccc(Cl)cc2C2CCCCC2)o1. The lowest BCUT2D eigenvalue weighted by molar-refractivity contribution is -0.384. The van der Waals surface area contributed by atoms with Gasteiger partial charge in [-0.15, -0.1) is 0 Å². The van der Waals surface area contributed by atoms with Gasteiger partial charge in [-0.05, 0) is 73.2 Å². The molecular formula is C26H26ClN3O5. The predicted octanol–water partition coefficient (Wildman–Crippen LogP) is 6.39. The maximum atomic E-state index is 12.3. The van der Waals surface area contributed by atoms with Gasteiger partial charge in [0.2, 0.25) is 0 Å². The summed E-state index contributed by atoms with van der Waals surface area (Å²) in [5.74, 6) is 1.65. The highest BCUT2D eigenvalue weighted by atomic mass is 35.5. The predicted molar refractivity (Wildman–Crippen MR) is 134 cm³/mol. The standard InChI is InChI=1S/C26H26ClN3O5/c1-17-13-20(30(32)33)8-10-22(17)25-12-9-21(35-25)15-28-29-26(31)16-34-24-11-7-19(27)14-23(24)18-5-3-2-4-6-18/h7-15,18H,2-6,16H2,1H3,(H,29,31)/b28-15-. The number of nitrogens with one attached hydrogen (secondary N) is 1. The molecule has 0 radical (unpaired) electrons. The van der Waals surface area contributed by atoms with Gasteiger partial charge >= 0.3 is 0 Å². The summed E-state index contributed by atoms with van der Waals surface area (Å²) in [5.41, 5.74) is 4.97. The van der Waals surface area contributed by atoms with Crippen LogP contribution in [0.2, 0.25) is 5.02 Å². The second-order valence-electron chi connectivity index (χ2n) is 8.56. The van der Waals surface area contributed by atoms with Gasteiger partial charge in [0.15, 0.2) is 6.61 Å². The lowest BCUT2D eigenvalue weighted by Crippen LogP contribution is -2.25. The molecule has 3 aromatic rings. The van der Waals surface area contributed by atoms with Gasteiger partial charge in [-0.1, -0.05) is 30.9 Å². The molecule has 35 heavy (non-hydrogen) atoms. The number of nitrogens with zero attached hydrogens (tertiary/aromatic N) is 2. The topological polar surface area (TPSA) is 107 Å². The molecule has 0 saturated heterocycles. The molecule has 1 amide bonds. The number of benzene rings is 2. The fourth-order valence-electron chi connectivity index (χ4n) is 4.33. The van der Waals surface area contributed by atoms with Crippen molar-refractivity contribution in [3.63, 3.8) is 0 Å². The first kappa shape index (κ1) is 24.5. The van der Waals surface area contributed by atoms with E-state index in [1.165, 1.54) is 37.6 Å². The van der Waals surface area contributed by atoms with Gasteiger partial charge in [-0.25, -0.2) is 5.43 Å². The van der Waals surface area contributed by atoms with Crippen LogP contribution < -0.4 is 10.2 Å². The van der Waals surface area contributed by atoms with Crippen molar-refractivity contribution in [2.45, 2.75) is 44.9 Å². The van der Waals surface area contributed by atoms with Crippen LogP contribution in [0, 0.1) is 17.0 Å². The third-order valence-electron chi connectivity index (χ3n) is 6.07. The van der Waals surface area contributed by atoms with E-state index in [2.05, 4.69) is 10.5 Å². The molecular weight excluding hydrogens is 470 g/mol. The summed E-state index contributed by atoms with van der Waals surface area (Å²) in [6.07, 6.45) is 7.19. The Morgan fingerprint density at radius 1 is 1.20 bits per heavy atom. The van der Waals surface area contributed by atoms with E-state index in [-0.39, 0.29) is 12.3 Å². The largest absolute Gasteiger partial charge is 0.483 e. The molecule has 0 atom stereocenters. The Labute approximate surface area is 208 Å². The summed E-state index contributed by atoms with van der Waals surface area (Å²) >= 11 is 6.20. The number of non-ortho nitro benzene ring substituents is 1. The number of furan rings is 1. The van der Waals surface area contributed by atoms with E-state index < -0.39 is 10.8 Å². The van der Waals surface area contributed by atoms with Gasteiger partial charge in [0.05, 0.1) is 11.1 Å². The number of amides is 1. The average Bonchev–Trinajstić information content (AvgIpc) is 3.32. The van der Waals surface area contributed by atoms with E-state index >= 15 is 0 Å². The number of carbonyl (C=O) groups excluding carboxylic acids is 1. The van der Waals surface area contributed by atoms with Crippen LogP contribution in [0.3, 0.4) is 0 Å². The van der Waals surface area contributed by atoms with Crippen LogP contribution in [-0.4, -0.2) is 23.7 Å². The molecule has 1 aromatic heterocycles. The minimum atomic E-state index is -0.437. The highest BCUT2D eigenvalue weighted by Gasteiger charge is 2.20. The number of hydrazone groups is 1. The van der Waals surface area contributed by atoms with E-state index in [1.807, 2.05) is 12.1 Å². The van der Waals surface area contributed by atoms with E-state index in [9.17, 15) is 14.9 Å². The Balaban J connectivity index is 1.33. The van der Waals surface area contributed by atoms with Crippen LogP contribution in [0.1, 0.15) is 54.9 Å². The van der Waals surface area contributed by atoms with E-state index in [0.29, 0.717) is 28.2 Å².